The normalized spacial score (nSPS) is 10.2. The largest absolute Gasteiger partial charge is 0.382 e. The predicted molar refractivity (Wildman–Crippen MR) is 73.6 cm³/mol. The van der Waals surface area contributed by atoms with Crippen LogP contribution >= 0.6 is 11.3 Å². The summed E-state index contributed by atoms with van der Waals surface area (Å²) in [6.45, 7) is 0.109. The van der Waals surface area contributed by atoms with Crippen LogP contribution in [0.3, 0.4) is 0 Å². The molecule has 4 N–H and O–H groups in total. The summed E-state index contributed by atoms with van der Waals surface area (Å²) < 4.78 is 13.4. The van der Waals surface area contributed by atoms with Gasteiger partial charge in [-0.2, -0.15) is 0 Å². The van der Waals surface area contributed by atoms with Crippen LogP contribution in [0.25, 0.3) is 0 Å². The van der Waals surface area contributed by atoms with Crippen molar-refractivity contribution in [2.45, 2.75) is 6.54 Å². The number of hydrogen-bond acceptors (Lipinski definition) is 5. The molecule has 1 amide bonds. The van der Waals surface area contributed by atoms with Crippen LogP contribution in [-0.4, -0.2) is 17.9 Å². The topological polar surface area (TPSA) is 80.0 Å². The van der Waals surface area contributed by atoms with Crippen LogP contribution in [0.1, 0.15) is 15.2 Å². The molecule has 0 spiro atoms. The summed E-state index contributed by atoms with van der Waals surface area (Å²) in [5, 5.41) is 5.99. The number of nitrogens with zero attached hydrogens (tertiary/aromatic N) is 1. The minimum absolute atomic E-state index is 0.109. The van der Waals surface area contributed by atoms with Crippen molar-refractivity contribution >= 4 is 28.2 Å². The lowest BCUT2D eigenvalue weighted by Crippen LogP contribution is -2.23. The molecule has 0 bridgehead atoms. The second kappa shape index (κ2) is 5.66. The zero-order valence-corrected chi connectivity index (χ0v) is 11.1. The summed E-state index contributed by atoms with van der Waals surface area (Å²) in [5.41, 5.74) is 6.06. The van der Waals surface area contributed by atoms with Crippen molar-refractivity contribution in [3.05, 3.63) is 40.5 Å². The van der Waals surface area contributed by atoms with E-state index in [1.165, 1.54) is 6.07 Å². The number of carbonyl (C=O) groups excluding carboxylic acids is 1. The number of carbonyl (C=O) groups is 1. The van der Waals surface area contributed by atoms with Crippen molar-refractivity contribution in [2.75, 3.05) is 18.1 Å². The Morgan fingerprint density at radius 1 is 1.47 bits per heavy atom. The Morgan fingerprint density at radius 2 is 2.21 bits per heavy atom. The van der Waals surface area contributed by atoms with Gasteiger partial charge in [-0.25, -0.2) is 9.37 Å². The first-order chi connectivity index (χ1) is 9.11. The number of benzene rings is 1. The second-order valence-electron chi connectivity index (χ2n) is 3.76. The Hall–Kier alpha value is -2.15. The summed E-state index contributed by atoms with van der Waals surface area (Å²) >= 11 is 1.15. The third kappa shape index (κ3) is 3.00. The van der Waals surface area contributed by atoms with E-state index in [1.54, 1.807) is 25.2 Å². The van der Waals surface area contributed by atoms with Gasteiger partial charge in [0.25, 0.3) is 5.91 Å². The van der Waals surface area contributed by atoms with E-state index in [0.717, 1.165) is 11.3 Å². The molecule has 5 nitrogen and oxygen atoms in total. The first-order valence-corrected chi connectivity index (χ1v) is 6.39. The fourth-order valence-electron chi connectivity index (χ4n) is 1.50. The maximum absolute atomic E-state index is 13.4. The number of nitrogen functional groups attached to an aromatic ring is 1. The van der Waals surface area contributed by atoms with Gasteiger partial charge in [-0.15, -0.1) is 0 Å². The van der Waals surface area contributed by atoms with Crippen LogP contribution in [0.15, 0.2) is 24.3 Å². The Morgan fingerprint density at radius 3 is 2.84 bits per heavy atom. The van der Waals surface area contributed by atoms with Crippen molar-refractivity contribution in [3.63, 3.8) is 0 Å². The van der Waals surface area contributed by atoms with Crippen LogP contribution in [0, 0.1) is 5.82 Å². The summed E-state index contributed by atoms with van der Waals surface area (Å²) in [7, 11) is 1.69. The minimum Gasteiger partial charge on any atom is -0.382 e. The van der Waals surface area contributed by atoms with Crippen LogP contribution in [0.4, 0.5) is 15.3 Å². The molecular weight excluding hydrogens is 267 g/mol. The first-order valence-electron chi connectivity index (χ1n) is 5.57. The van der Waals surface area contributed by atoms with Crippen molar-refractivity contribution in [1.82, 2.24) is 10.3 Å². The molecule has 0 fully saturated rings. The second-order valence-corrected chi connectivity index (χ2v) is 4.76. The highest BCUT2D eigenvalue weighted by molar-refractivity contribution is 7.18. The molecule has 2 aromatic rings. The molecule has 2 rings (SSSR count). The zero-order chi connectivity index (χ0) is 13.8. The first kappa shape index (κ1) is 13.3. The fraction of sp³-hybridized carbons (Fsp3) is 0.167. The number of amides is 1. The van der Waals surface area contributed by atoms with Crippen LogP contribution in [0.2, 0.25) is 0 Å². The maximum atomic E-state index is 13.4. The van der Waals surface area contributed by atoms with Gasteiger partial charge in [0, 0.05) is 19.2 Å². The quantitative estimate of drug-likeness (QED) is 0.798. The highest BCUT2D eigenvalue weighted by Gasteiger charge is 2.15. The van der Waals surface area contributed by atoms with E-state index >= 15 is 0 Å². The monoisotopic (exact) mass is 280 g/mol. The predicted octanol–water partition coefficient (Wildman–Crippen LogP) is 1.84. The van der Waals surface area contributed by atoms with E-state index in [0.29, 0.717) is 15.6 Å². The third-order valence-electron chi connectivity index (χ3n) is 2.47. The molecule has 0 aliphatic carbocycles. The van der Waals surface area contributed by atoms with Gasteiger partial charge >= 0.3 is 0 Å². The molecular formula is C12H13FN4OS. The molecule has 0 aliphatic heterocycles. The van der Waals surface area contributed by atoms with Gasteiger partial charge in [0.05, 0.1) is 0 Å². The molecule has 0 atom stereocenters. The number of thiazole rings is 1. The summed E-state index contributed by atoms with van der Waals surface area (Å²) in [6, 6.07) is 6.28. The number of aromatic nitrogens is 1. The van der Waals surface area contributed by atoms with Gasteiger partial charge in [0.15, 0.2) is 5.13 Å². The van der Waals surface area contributed by atoms with Crippen LogP contribution < -0.4 is 16.4 Å². The summed E-state index contributed by atoms with van der Waals surface area (Å²) in [6.07, 6.45) is 0. The molecule has 1 aromatic heterocycles. The van der Waals surface area contributed by atoms with E-state index in [2.05, 4.69) is 15.6 Å². The highest BCUT2D eigenvalue weighted by atomic mass is 32.1. The smallest absolute Gasteiger partial charge is 0.265 e. The van der Waals surface area contributed by atoms with E-state index in [4.69, 9.17) is 5.73 Å². The number of nitrogens with one attached hydrogen (secondary N) is 2. The minimum atomic E-state index is -0.361. The molecule has 0 saturated carbocycles. The van der Waals surface area contributed by atoms with Crippen LogP contribution in [-0.2, 0) is 6.54 Å². The molecule has 1 aromatic carbocycles. The van der Waals surface area contributed by atoms with Crippen molar-refractivity contribution in [2.24, 2.45) is 0 Å². The molecule has 0 unspecified atom stereocenters. The lowest BCUT2D eigenvalue weighted by molar-refractivity contribution is 0.0955. The lowest BCUT2D eigenvalue weighted by Gasteiger charge is -2.04. The Kier molecular flexibility index (Phi) is 3.96. The maximum Gasteiger partial charge on any atom is 0.265 e. The van der Waals surface area contributed by atoms with Gasteiger partial charge in [0.2, 0.25) is 0 Å². The fourth-order valence-corrected chi connectivity index (χ4v) is 2.25. The zero-order valence-electron chi connectivity index (χ0n) is 10.2. The number of anilines is 2. The van der Waals surface area contributed by atoms with Gasteiger partial charge in [-0.3, -0.25) is 4.79 Å². The number of halogens is 1. The Balaban J connectivity index is 2.05. The molecule has 1 heterocycles. The molecule has 0 aliphatic rings. The van der Waals surface area contributed by atoms with E-state index in [9.17, 15) is 9.18 Å². The number of hydrogen-bond donors (Lipinski definition) is 3. The van der Waals surface area contributed by atoms with Crippen LogP contribution in [0.5, 0.6) is 0 Å². The van der Waals surface area contributed by atoms with Crippen molar-refractivity contribution in [3.8, 4) is 0 Å². The Bertz CT molecular complexity index is 599. The van der Waals surface area contributed by atoms with Gasteiger partial charge in [-0.1, -0.05) is 29.5 Å². The highest BCUT2D eigenvalue weighted by Crippen LogP contribution is 2.24. The van der Waals surface area contributed by atoms with E-state index < -0.39 is 0 Å². The summed E-state index contributed by atoms with van der Waals surface area (Å²) in [4.78, 5) is 16.2. The van der Waals surface area contributed by atoms with Crippen molar-refractivity contribution < 1.29 is 9.18 Å². The Labute approximate surface area is 113 Å². The number of rotatable bonds is 4. The van der Waals surface area contributed by atoms with Crippen molar-refractivity contribution in [1.29, 1.82) is 0 Å². The average molecular weight is 280 g/mol. The molecule has 0 saturated heterocycles. The van der Waals surface area contributed by atoms with Gasteiger partial charge < -0.3 is 16.4 Å². The summed E-state index contributed by atoms with van der Waals surface area (Å²) in [5.74, 6) is -0.545. The standard InChI is InChI=1S/C12H13FN4OS/c1-15-12-17-10(14)9(19-12)11(18)16-6-7-4-2-3-5-8(7)13/h2-5H,6,14H2,1H3,(H,15,17)(H,16,18). The third-order valence-corrected chi connectivity index (χ3v) is 3.56. The SMILES string of the molecule is CNc1nc(N)c(C(=O)NCc2ccccc2F)s1. The molecule has 0 radical (unpaired) electrons. The molecule has 19 heavy (non-hydrogen) atoms. The number of nitrogens with two attached hydrogens (primary N) is 1. The van der Waals surface area contributed by atoms with Gasteiger partial charge in [0.1, 0.15) is 16.5 Å². The van der Waals surface area contributed by atoms with E-state index in [-0.39, 0.29) is 24.1 Å². The lowest BCUT2D eigenvalue weighted by atomic mass is 10.2. The van der Waals surface area contributed by atoms with E-state index in [1.807, 2.05) is 0 Å². The van der Waals surface area contributed by atoms with Gasteiger partial charge in [-0.05, 0) is 6.07 Å². The molecule has 7 heteroatoms. The average Bonchev–Trinajstić information content (AvgIpc) is 2.79. The molecule has 100 valence electrons.